The number of carbonyl (C=O) groups excluding carboxylic acids is 1. The summed E-state index contributed by atoms with van der Waals surface area (Å²) in [6.07, 6.45) is 2.52. The van der Waals surface area contributed by atoms with Crippen molar-refractivity contribution in [1.82, 2.24) is 4.98 Å². The van der Waals surface area contributed by atoms with Crippen LogP contribution >= 0.6 is 11.3 Å². The second-order valence-electron chi connectivity index (χ2n) is 4.02. The number of benzene rings is 1. The van der Waals surface area contributed by atoms with Crippen LogP contribution in [0.5, 0.6) is 0 Å². The fraction of sp³-hybridized carbons (Fsp3) is 0.0714. The Hall–Kier alpha value is -2.47. The SMILES string of the molecule is Cc1ncsc1C(=O)Nc1cccc(/C=C/C(=O)O)c1. The molecule has 0 fully saturated rings. The van der Waals surface area contributed by atoms with Crippen LogP contribution in [0.4, 0.5) is 5.69 Å². The van der Waals surface area contributed by atoms with Gasteiger partial charge in [-0.25, -0.2) is 9.78 Å². The van der Waals surface area contributed by atoms with Gasteiger partial charge < -0.3 is 10.4 Å². The number of aliphatic carboxylic acids is 1. The normalized spacial score (nSPS) is 10.7. The van der Waals surface area contributed by atoms with Crippen LogP contribution in [0.15, 0.2) is 35.9 Å². The first-order valence-corrected chi connectivity index (χ1v) is 6.67. The Labute approximate surface area is 119 Å². The number of rotatable bonds is 4. The molecule has 1 aromatic heterocycles. The quantitative estimate of drug-likeness (QED) is 0.848. The molecule has 2 aromatic rings. The van der Waals surface area contributed by atoms with Crippen molar-refractivity contribution in [1.29, 1.82) is 0 Å². The zero-order valence-electron chi connectivity index (χ0n) is 10.7. The Bertz CT molecular complexity index is 677. The highest BCUT2D eigenvalue weighted by Crippen LogP contribution is 2.17. The Kier molecular flexibility index (Phi) is 4.27. The fourth-order valence-corrected chi connectivity index (χ4v) is 2.29. The molecule has 1 aromatic carbocycles. The minimum Gasteiger partial charge on any atom is -0.478 e. The summed E-state index contributed by atoms with van der Waals surface area (Å²) < 4.78 is 0. The minimum atomic E-state index is -1.01. The molecule has 102 valence electrons. The molecular weight excluding hydrogens is 276 g/mol. The van der Waals surface area contributed by atoms with Crippen LogP contribution in [0.25, 0.3) is 6.08 Å². The van der Waals surface area contributed by atoms with E-state index in [9.17, 15) is 9.59 Å². The number of carboxylic acids is 1. The predicted molar refractivity (Wildman–Crippen MR) is 77.9 cm³/mol. The van der Waals surface area contributed by atoms with E-state index >= 15 is 0 Å². The predicted octanol–water partition coefficient (Wildman–Crippen LogP) is 2.80. The highest BCUT2D eigenvalue weighted by atomic mass is 32.1. The zero-order valence-corrected chi connectivity index (χ0v) is 11.5. The van der Waals surface area contributed by atoms with Crippen LogP contribution in [0.3, 0.4) is 0 Å². The van der Waals surface area contributed by atoms with E-state index in [1.807, 2.05) is 0 Å². The van der Waals surface area contributed by atoms with Gasteiger partial charge in [-0.2, -0.15) is 0 Å². The molecule has 5 nitrogen and oxygen atoms in total. The van der Waals surface area contributed by atoms with Crippen molar-refractivity contribution >= 4 is 35.0 Å². The summed E-state index contributed by atoms with van der Waals surface area (Å²) in [5, 5.41) is 11.3. The number of anilines is 1. The molecule has 0 saturated carbocycles. The van der Waals surface area contributed by atoms with E-state index in [1.165, 1.54) is 17.4 Å². The first kappa shape index (κ1) is 14.0. The second kappa shape index (κ2) is 6.12. The van der Waals surface area contributed by atoms with Gasteiger partial charge in [0, 0.05) is 11.8 Å². The number of thiazole rings is 1. The van der Waals surface area contributed by atoms with Crippen LogP contribution in [0.2, 0.25) is 0 Å². The highest BCUT2D eigenvalue weighted by Gasteiger charge is 2.11. The topological polar surface area (TPSA) is 79.3 Å². The molecule has 1 heterocycles. The highest BCUT2D eigenvalue weighted by molar-refractivity contribution is 7.12. The third kappa shape index (κ3) is 3.52. The van der Waals surface area contributed by atoms with Crippen LogP contribution in [0.1, 0.15) is 20.9 Å². The van der Waals surface area contributed by atoms with E-state index in [0.717, 1.165) is 6.08 Å². The Balaban J connectivity index is 2.14. The standard InChI is InChI=1S/C14H12N2O3S/c1-9-13(20-8-15-9)14(19)16-11-4-2-3-10(7-11)5-6-12(17)18/h2-8H,1H3,(H,16,19)(H,17,18)/b6-5+. The summed E-state index contributed by atoms with van der Waals surface area (Å²) in [5.74, 6) is -1.23. The lowest BCUT2D eigenvalue weighted by Crippen LogP contribution is -2.11. The Morgan fingerprint density at radius 2 is 2.20 bits per heavy atom. The number of aromatic nitrogens is 1. The van der Waals surface area contributed by atoms with Gasteiger partial charge in [-0.1, -0.05) is 12.1 Å². The first-order chi connectivity index (χ1) is 9.56. The maximum atomic E-state index is 12.0. The molecule has 0 saturated heterocycles. The van der Waals surface area contributed by atoms with Gasteiger partial charge in [-0.15, -0.1) is 11.3 Å². The molecule has 0 bridgehead atoms. The van der Waals surface area contributed by atoms with Crippen molar-refractivity contribution in [2.45, 2.75) is 6.92 Å². The molecular formula is C14H12N2O3S. The van der Waals surface area contributed by atoms with Gasteiger partial charge in [0.25, 0.3) is 5.91 Å². The molecule has 0 unspecified atom stereocenters. The summed E-state index contributed by atoms with van der Waals surface area (Å²) in [6, 6.07) is 6.95. The average molecular weight is 288 g/mol. The summed E-state index contributed by atoms with van der Waals surface area (Å²) in [7, 11) is 0. The fourth-order valence-electron chi connectivity index (χ4n) is 1.60. The number of aryl methyl sites for hydroxylation is 1. The maximum Gasteiger partial charge on any atom is 0.328 e. The number of nitrogens with one attached hydrogen (secondary N) is 1. The summed E-state index contributed by atoms with van der Waals surface area (Å²) in [5.41, 5.74) is 3.62. The van der Waals surface area contributed by atoms with Crippen molar-refractivity contribution in [3.8, 4) is 0 Å². The van der Waals surface area contributed by atoms with Gasteiger partial charge in [0.1, 0.15) is 4.88 Å². The molecule has 0 aliphatic carbocycles. The van der Waals surface area contributed by atoms with Crippen molar-refractivity contribution < 1.29 is 14.7 Å². The lowest BCUT2D eigenvalue weighted by molar-refractivity contribution is -0.131. The van der Waals surface area contributed by atoms with Crippen LogP contribution < -0.4 is 5.32 Å². The maximum absolute atomic E-state index is 12.0. The molecule has 1 amide bonds. The lowest BCUT2D eigenvalue weighted by Gasteiger charge is -2.05. The molecule has 20 heavy (non-hydrogen) atoms. The molecule has 2 rings (SSSR count). The smallest absolute Gasteiger partial charge is 0.328 e. The van der Waals surface area contributed by atoms with E-state index < -0.39 is 5.97 Å². The van der Waals surface area contributed by atoms with E-state index in [-0.39, 0.29) is 5.91 Å². The number of hydrogen-bond donors (Lipinski definition) is 2. The van der Waals surface area contributed by atoms with E-state index in [2.05, 4.69) is 10.3 Å². The number of hydrogen-bond acceptors (Lipinski definition) is 4. The van der Waals surface area contributed by atoms with Gasteiger partial charge in [0.05, 0.1) is 11.2 Å². The number of carbonyl (C=O) groups is 2. The van der Waals surface area contributed by atoms with Gasteiger partial charge >= 0.3 is 5.97 Å². The zero-order chi connectivity index (χ0) is 14.5. The van der Waals surface area contributed by atoms with Gasteiger partial charge in [-0.3, -0.25) is 4.79 Å². The van der Waals surface area contributed by atoms with E-state index in [0.29, 0.717) is 21.8 Å². The summed E-state index contributed by atoms with van der Waals surface area (Å²) in [4.78, 5) is 27.1. The summed E-state index contributed by atoms with van der Waals surface area (Å²) in [6.45, 7) is 1.78. The van der Waals surface area contributed by atoms with Crippen molar-refractivity contribution in [3.05, 3.63) is 52.0 Å². The van der Waals surface area contributed by atoms with Gasteiger partial charge in [0.15, 0.2) is 0 Å². The van der Waals surface area contributed by atoms with Crippen molar-refractivity contribution in [2.75, 3.05) is 5.32 Å². The lowest BCUT2D eigenvalue weighted by atomic mass is 10.2. The van der Waals surface area contributed by atoms with Crippen LogP contribution in [-0.4, -0.2) is 22.0 Å². The minimum absolute atomic E-state index is 0.218. The molecule has 6 heteroatoms. The largest absolute Gasteiger partial charge is 0.478 e. The molecule has 0 aliphatic rings. The molecule has 2 N–H and O–H groups in total. The third-order valence-corrected chi connectivity index (χ3v) is 3.44. The van der Waals surface area contributed by atoms with Gasteiger partial charge in [-0.05, 0) is 30.7 Å². The third-order valence-electron chi connectivity index (χ3n) is 2.51. The van der Waals surface area contributed by atoms with E-state index in [1.54, 1.807) is 36.7 Å². The Morgan fingerprint density at radius 3 is 2.85 bits per heavy atom. The van der Waals surface area contributed by atoms with Crippen LogP contribution in [-0.2, 0) is 4.79 Å². The molecule has 0 radical (unpaired) electrons. The van der Waals surface area contributed by atoms with Crippen molar-refractivity contribution in [3.63, 3.8) is 0 Å². The molecule has 0 spiro atoms. The Morgan fingerprint density at radius 1 is 1.40 bits per heavy atom. The van der Waals surface area contributed by atoms with E-state index in [4.69, 9.17) is 5.11 Å². The van der Waals surface area contributed by atoms with Gasteiger partial charge in [0.2, 0.25) is 0 Å². The first-order valence-electron chi connectivity index (χ1n) is 5.79. The molecule has 0 atom stereocenters. The summed E-state index contributed by atoms with van der Waals surface area (Å²) >= 11 is 1.28. The van der Waals surface area contributed by atoms with Crippen molar-refractivity contribution in [2.24, 2.45) is 0 Å². The number of nitrogens with zero attached hydrogens (tertiary/aromatic N) is 1. The van der Waals surface area contributed by atoms with Crippen LogP contribution in [0, 0.1) is 6.92 Å². The number of carboxylic acid groups (broad SMARTS) is 1. The molecule has 0 aliphatic heterocycles. The monoisotopic (exact) mass is 288 g/mol. The average Bonchev–Trinajstić information content (AvgIpc) is 2.83. The number of amides is 1. The second-order valence-corrected chi connectivity index (χ2v) is 4.87.